The topological polar surface area (TPSA) is 49.7 Å². The number of benzene rings is 1. The molecule has 0 atom stereocenters. The molecule has 0 amide bonds. The third kappa shape index (κ3) is 3.30. The summed E-state index contributed by atoms with van der Waals surface area (Å²) in [7, 11) is -3.27. The SMILES string of the molecule is Cc1ccc(CN2CC/C2=N\S(C)(=O)=O)cc1. The second-order valence-electron chi connectivity index (χ2n) is 4.40. The Morgan fingerprint density at radius 3 is 2.41 bits per heavy atom. The third-order valence-electron chi connectivity index (χ3n) is 2.74. The van der Waals surface area contributed by atoms with Crippen LogP contribution in [0.25, 0.3) is 0 Å². The van der Waals surface area contributed by atoms with Crippen molar-refractivity contribution in [3.8, 4) is 0 Å². The van der Waals surface area contributed by atoms with Crippen molar-refractivity contribution < 1.29 is 8.42 Å². The molecule has 0 N–H and O–H groups in total. The summed E-state index contributed by atoms with van der Waals surface area (Å²) in [6, 6.07) is 8.24. The van der Waals surface area contributed by atoms with Crippen LogP contribution < -0.4 is 0 Å². The van der Waals surface area contributed by atoms with Crippen LogP contribution in [0.15, 0.2) is 28.7 Å². The molecular weight excluding hydrogens is 236 g/mol. The zero-order valence-electron chi connectivity index (χ0n) is 10.0. The number of nitrogens with zero attached hydrogens (tertiary/aromatic N) is 2. The summed E-state index contributed by atoms with van der Waals surface area (Å²) in [5, 5.41) is 0. The van der Waals surface area contributed by atoms with E-state index in [0.717, 1.165) is 25.8 Å². The number of hydrogen-bond donors (Lipinski definition) is 0. The van der Waals surface area contributed by atoms with Gasteiger partial charge >= 0.3 is 0 Å². The first kappa shape index (κ1) is 12.1. The number of hydrogen-bond acceptors (Lipinski definition) is 2. The van der Waals surface area contributed by atoms with E-state index in [0.29, 0.717) is 5.84 Å². The van der Waals surface area contributed by atoms with Gasteiger partial charge in [-0.2, -0.15) is 4.40 Å². The van der Waals surface area contributed by atoms with Crippen LogP contribution in [0.1, 0.15) is 17.5 Å². The number of sulfonamides is 1. The average molecular weight is 252 g/mol. The first-order chi connectivity index (χ1) is 7.94. The molecule has 0 bridgehead atoms. The summed E-state index contributed by atoms with van der Waals surface area (Å²) in [6.07, 6.45) is 1.88. The van der Waals surface area contributed by atoms with Gasteiger partial charge in [0.25, 0.3) is 10.0 Å². The molecule has 1 fully saturated rings. The van der Waals surface area contributed by atoms with Crippen molar-refractivity contribution >= 4 is 15.9 Å². The van der Waals surface area contributed by atoms with Crippen molar-refractivity contribution in [2.75, 3.05) is 12.8 Å². The van der Waals surface area contributed by atoms with E-state index in [9.17, 15) is 8.42 Å². The van der Waals surface area contributed by atoms with Gasteiger partial charge in [-0.05, 0) is 12.5 Å². The van der Waals surface area contributed by atoms with Gasteiger partial charge in [0.2, 0.25) is 0 Å². The summed E-state index contributed by atoms with van der Waals surface area (Å²) in [5.74, 6) is 0.674. The lowest BCUT2D eigenvalue weighted by Gasteiger charge is -2.34. The van der Waals surface area contributed by atoms with Crippen molar-refractivity contribution in [3.05, 3.63) is 35.4 Å². The Hall–Kier alpha value is -1.36. The Morgan fingerprint density at radius 2 is 1.94 bits per heavy atom. The van der Waals surface area contributed by atoms with Gasteiger partial charge in [-0.25, -0.2) is 8.42 Å². The molecule has 0 unspecified atom stereocenters. The molecule has 1 heterocycles. The molecule has 4 nitrogen and oxygen atoms in total. The first-order valence-electron chi connectivity index (χ1n) is 5.53. The van der Waals surface area contributed by atoms with Crippen LogP contribution in [0.5, 0.6) is 0 Å². The number of likely N-dealkylation sites (tertiary alicyclic amines) is 1. The van der Waals surface area contributed by atoms with Gasteiger partial charge in [0.1, 0.15) is 5.84 Å². The summed E-state index contributed by atoms with van der Waals surface area (Å²) >= 11 is 0. The minimum atomic E-state index is -3.27. The molecule has 17 heavy (non-hydrogen) atoms. The van der Waals surface area contributed by atoms with Crippen LogP contribution in [0.2, 0.25) is 0 Å². The van der Waals surface area contributed by atoms with Crippen LogP contribution in [-0.2, 0) is 16.6 Å². The average Bonchev–Trinajstić information content (AvgIpc) is 2.23. The van der Waals surface area contributed by atoms with Crippen molar-refractivity contribution in [1.82, 2.24) is 4.90 Å². The van der Waals surface area contributed by atoms with Crippen molar-refractivity contribution in [3.63, 3.8) is 0 Å². The van der Waals surface area contributed by atoms with Gasteiger partial charge in [0, 0.05) is 19.5 Å². The maximum atomic E-state index is 11.1. The zero-order chi connectivity index (χ0) is 12.5. The predicted octanol–water partition coefficient (Wildman–Crippen LogP) is 1.56. The Kier molecular flexibility index (Phi) is 3.19. The van der Waals surface area contributed by atoms with E-state index in [2.05, 4.69) is 28.7 Å². The van der Waals surface area contributed by atoms with E-state index in [4.69, 9.17) is 0 Å². The Labute approximate surface area is 102 Å². The van der Waals surface area contributed by atoms with Gasteiger partial charge in [0.05, 0.1) is 6.26 Å². The van der Waals surface area contributed by atoms with E-state index >= 15 is 0 Å². The van der Waals surface area contributed by atoms with Gasteiger partial charge in [-0.1, -0.05) is 29.8 Å². The van der Waals surface area contributed by atoms with Gasteiger partial charge < -0.3 is 4.90 Å². The molecule has 1 aliphatic rings. The maximum Gasteiger partial charge on any atom is 0.251 e. The summed E-state index contributed by atoms with van der Waals surface area (Å²) in [5.41, 5.74) is 2.40. The highest BCUT2D eigenvalue weighted by molar-refractivity contribution is 7.89. The molecular formula is C12H16N2O2S. The van der Waals surface area contributed by atoms with Crippen molar-refractivity contribution in [1.29, 1.82) is 0 Å². The van der Waals surface area contributed by atoms with E-state index < -0.39 is 10.0 Å². The normalized spacial score (nSPS) is 18.2. The quantitative estimate of drug-likeness (QED) is 0.820. The molecule has 0 saturated carbocycles. The molecule has 0 spiro atoms. The zero-order valence-corrected chi connectivity index (χ0v) is 10.9. The Bertz CT molecular complexity index is 532. The molecule has 1 aromatic rings. The fraction of sp³-hybridized carbons (Fsp3) is 0.417. The minimum Gasteiger partial charge on any atom is -0.355 e. The number of aryl methyl sites for hydroxylation is 1. The van der Waals surface area contributed by atoms with Crippen LogP contribution >= 0.6 is 0 Å². The lowest BCUT2D eigenvalue weighted by atomic mass is 10.1. The standard InChI is InChI=1S/C12H16N2O2S/c1-10-3-5-11(6-4-10)9-14-8-7-12(14)13-17(2,15)16/h3-6H,7-9H2,1-2H3/b13-12+. The van der Waals surface area contributed by atoms with E-state index in [1.54, 1.807) is 0 Å². The highest BCUT2D eigenvalue weighted by atomic mass is 32.2. The summed E-state index contributed by atoms with van der Waals surface area (Å²) in [4.78, 5) is 1.99. The smallest absolute Gasteiger partial charge is 0.251 e. The third-order valence-corrected chi connectivity index (χ3v) is 3.28. The van der Waals surface area contributed by atoms with Crippen LogP contribution in [0, 0.1) is 6.92 Å². The molecule has 1 aromatic carbocycles. The van der Waals surface area contributed by atoms with Crippen LogP contribution in [0.4, 0.5) is 0 Å². The highest BCUT2D eigenvalue weighted by Gasteiger charge is 2.23. The second kappa shape index (κ2) is 4.49. The van der Waals surface area contributed by atoms with E-state index in [-0.39, 0.29) is 0 Å². The second-order valence-corrected chi connectivity index (χ2v) is 6.05. The fourth-order valence-electron chi connectivity index (χ4n) is 1.75. The number of amidine groups is 1. The molecule has 1 saturated heterocycles. The summed E-state index contributed by atoms with van der Waals surface area (Å²) in [6.45, 7) is 3.65. The van der Waals surface area contributed by atoms with Gasteiger partial charge in [0.15, 0.2) is 0 Å². The number of rotatable bonds is 3. The molecule has 0 radical (unpaired) electrons. The maximum absolute atomic E-state index is 11.1. The van der Waals surface area contributed by atoms with E-state index in [1.807, 2.05) is 11.8 Å². The molecule has 1 aliphatic heterocycles. The highest BCUT2D eigenvalue weighted by Crippen LogP contribution is 2.16. The molecule has 0 aromatic heterocycles. The van der Waals surface area contributed by atoms with Crippen molar-refractivity contribution in [2.45, 2.75) is 19.9 Å². The van der Waals surface area contributed by atoms with E-state index in [1.165, 1.54) is 11.1 Å². The largest absolute Gasteiger partial charge is 0.355 e. The molecule has 92 valence electrons. The minimum absolute atomic E-state index is 0.674. The summed E-state index contributed by atoms with van der Waals surface area (Å²) < 4.78 is 25.9. The van der Waals surface area contributed by atoms with Gasteiger partial charge in [-0.15, -0.1) is 0 Å². The predicted molar refractivity (Wildman–Crippen MR) is 68.5 cm³/mol. The van der Waals surface area contributed by atoms with Crippen molar-refractivity contribution in [2.24, 2.45) is 4.40 Å². The Morgan fingerprint density at radius 1 is 1.29 bits per heavy atom. The Balaban J connectivity index is 2.06. The molecule has 2 rings (SSSR count). The lowest BCUT2D eigenvalue weighted by Crippen LogP contribution is -2.43. The van der Waals surface area contributed by atoms with Crippen LogP contribution in [-0.4, -0.2) is 32.0 Å². The van der Waals surface area contributed by atoms with Gasteiger partial charge in [-0.3, -0.25) is 0 Å². The molecule has 5 heteroatoms. The lowest BCUT2D eigenvalue weighted by molar-refractivity contribution is 0.352. The fourth-order valence-corrected chi connectivity index (χ4v) is 2.34. The monoisotopic (exact) mass is 252 g/mol. The molecule has 0 aliphatic carbocycles. The van der Waals surface area contributed by atoms with Crippen LogP contribution in [0.3, 0.4) is 0 Å². The first-order valence-corrected chi connectivity index (χ1v) is 7.38.